The zero-order valence-corrected chi connectivity index (χ0v) is 15.2. The highest BCUT2D eigenvalue weighted by atomic mass is 35.5. The number of pyridine rings is 1. The normalized spacial score (nSPS) is 18.2. The summed E-state index contributed by atoms with van der Waals surface area (Å²) >= 11 is 5.90. The van der Waals surface area contributed by atoms with Crippen molar-refractivity contribution in [3.8, 4) is 0 Å². The number of hydrogen-bond acceptors (Lipinski definition) is 3. The third-order valence-corrected chi connectivity index (χ3v) is 5.23. The van der Waals surface area contributed by atoms with Crippen LogP contribution in [0.4, 0.5) is 10.1 Å². The topological polar surface area (TPSA) is 28.2 Å². The van der Waals surface area contributed by atoms with E-state index in [0.717, 1.165) is 37.0 Å². The molecule has 0 unspecified atom stereocenters. The zero-order valence-electron chi connectivity index (χ0n) is 14.5. The van der Waals surface area contributed by atoms with E-state index in [1.807, 2.05) is 30.6 Å². The summed E-state index contributed by atoms with van der Waals surface area (Å²) in [6.45, 7) is 2.46. The van der Waals surface area contributed by atoms with E-state index in [1.54, 1.807) is 6.07 Å². The van der Waals surface area contributed by atoms with E-state index < -0.39 is 0 Å². The van der Waals surface area contributed by atoms with Gasteiger partial charge in [0.2, 0.25) is 0 Å². The lowest BCUT2D eigenvalue weighted by atomic mass is 10.0. The molecule has 134 valence electrons. The Hall–Kier alpha value is -2.17. The molecule has 1 N–H and O–H groups in total. The number of fused-ring (bicyclic) bond motifs is 1. The van der Waals surface area contributed by atoms with Gasteiger partial charge in [0.05, 0.1) is 5.02 Å². The molecule has 1 saturated heterocycles. The molecule has 3 nitrogen and oxygen atoms in total. The summed E-state index contributed by atoms with van der Waals surface area (Å²) < 4.78 is 14.2. The predicted molar refractivity (Wildman–Crippen MR) is 105 cm³/mol. The van der Waals surface area contributed by atoms with Crippen molar-refractivity contribution in [2.24, 2.45) is 0 Å². The first kappa shape index (κ1) is 17.3. The van der Waals surface area contributed by atoms with Crippen molar-refractivity contribution < 1.29 is 4.39 Å². The Balaban J connectivity index is 1.43. The first-order valence-electron chi connectivity index (χ1n) is 8.94. The lowest BCUT2D eigenvalue weighted by molar-refractivity contribution is 0.206. The number of likely N-dealkylation sites (tertiary alicyclic amines) is 1. The van der Waals surface area contributed by atoms with Crippen LogP contribution in [0.15, 0.2) is 54.9 Å². The highest BCUT2D eigenvalue weighted by Crippen LogP contribution is 2.23. The molecular formula is C21H21ClFN3. The Kier molecular flexibility index (Phi) is 5.05. The maximum absolute atomic E-state index is 14.2. The Morgan fingerprint density at radius 3 is 3.04 bits per heavy atom. The minimum atomic E-state index is -0.299. The van der Waals surface area contributed by atoms with Gasteiger partial charge in [0, 0.05) is 48.2 Å². The van der Waals surface area contributed by atoms with E-state index in [9.17, 15) is 4.39 Å². The maximum atomic E-state index is 14.2. The molecule has 0 amide bonds. The number of aromatic nitrogens is 1. The Morgan fingerprint density at radius 2 is 2.12 bits per heavy atom. The molecule has 0 spiro atoms. The summed E-state index contributed by atoms with van der Waals surface area (Å²) in [5, 5.41) is 6.15. The molecule has 4 rings (SSSR count). The van der Waals surface area contributed by atoms with Gasteiger partial charge >= 0.3 is 0 Å². The lowest BCUT2D eigenvalue weighted by Crippen LogP contribution is -2.41. The number of nitrogens with one attached hydrogen (secondary N) is 1. The Labute approximate surface area is 157 Å². The molecule has 0 radical (unpaired) electrons. The van der Waals surface area contributed by atoms with Gasteiger partial charge in [-0.15, -0.1) is 0 Å². The highest BCUT2D eigenvalue weighted by molar-refractivity contribution is 6.30. The van der Waals surface area contributed by atoms with Gasteiger partial charge in [0.15, 0.2) is 0 Å². The number of nitrogens with zero attached hydrogens (tertiary/aromatic N) is 2. The van der Waals surface area contributed by atoms with E-state index in [0.29, 0.717) is 18.2 Å². The van der Waals surface area contributed by atoms with Gasteiger partial charge in [-0.1, -0.05) is 29.8 Å². The molecule has 1 fully saturated rings. The average molecular weight is 370 g/mol. The molecule has 1 atom stereocenters. The van der Waals surface area contributed by atoms with Crippen molar-refractivity contribution in [1.29, 1.82) is 0 Å². The van der Waals surface area contributed by atoms with Crippen LogP contribution in [0.5, 0.6) is 0 Å². The van der Waals surface area contributed by atoms with Crippen molar-refractivity contribution in [3.05, 3.63) is 71.3 Å². The van der Waals surface area contributed by atoms with Gasteiger partial charge < -0.3 is 5.32 Å². The van der Waals surface area contributed by atoms with Crippen LogP contribution in [0.25, 0.3) is 10.8 Å². The number of piperidine rings is 1. The van der Waals surface area contributed by atoms with E-state index in [2.05, 4.69) is 33.4 Å². The summed E-state index contributed by atoms with van der Waals surface area (Å²) in [6, 6.07) is 13.9. The van der Waals surface area contributed by atoms with Crippen LogP contribution < -0.4 is 5.32 Å². The molecule has 1 aliphatic heterocycles. The number of benzene rings is 2. The molecule has 2 heterocycles. The van der Waals surface area contributed by atoms with Gasteiger partial charge in [-0.2, -0.15) is 0 Å². The quantitative estimate of drug-likeness (QED) is 0.693. The molecule has 2 aromatic carbocycles. The smallest absolute Gasteiger partial charge is 0.146 e. The van der Waals surface area contributed by atoms with Crippen molar-refractivity contribution in [2.75, 3.05) is 18.4 Å². The molecule has 1 aromatic heterocycles. The van der Waals surface area contributed by atoms with Gasteiger partial charge in [-0.25, -0.2) is 4.39 Å². The standard InChI is InChI=1S/C21H21ClFN3/c22-20-5-1-3-17(21(20)23)13-26-10-2-4-19(14-26)25-18-7-6-16-12-24-9-8-15(16)11-18/h1,3,5-9,11-12,19,25H,2,4,10,13-14H2/t19-/m1/s1. The third-order valence-electron chi connectivity index (χ3n) is 4.94. The lowest BCUT2D eigenvalue weighted by Gasteiger charge is -2.33. The van der Waals surface area contributed by atoms with Gasteiger partial charge in [-0.3, -0.25) is 9.88 Å². The van der Waals surface area contributed by atoms with Crippen molar-refractivity contribution >= 4 is 28.1 Å². The monoisotopic (exact) mass is 369 g/mol. The molecule has 26 heavy (non-hydrogen) atoms. The van der Waals surface area contributed by atoms with Crippen LogP contribution >= 0.6 is 11.6 Å². The molecule has 0 aliphatic carbocycles. The first-order chi connectivity index (χ1) is 12.7. The summed E-state index contributed by atoms with van der Waals surface area (Å²) in [4.78, 5) is 6.45. The number of anilines is 1. The molecule has 0 saturated carbocycles. The van der Waals surface area contributed by atoms with E-state index in [-0.39, 0.29) is 10.8 Å². The fourth-order valence-corrected chi connectivity index (χ4v) is 3.83. The van der Waals surface area contributed by atoms with Gasteiger partial charge in [-0.05, 0) is 49.0 Å². The molecule has 0 bridgehead atoms. The summed E-state index contributed by atoms with van der Waals surface area (Å²) in [5.74, 6) is -0.299. The van der Waals surface area contributed by atoms with Crippen LogP contribution in [0.1, 0.15) is 18.4 Å². The van der Waals surface area contributed by atoms with E-state index >= 15 is 0 Å². The van der Waals surface area contributed by atoms with Crippen LogP contribution in [0.2, 0.25) is 5.02 Å². The molecule has 3 aromatic rings. The molecular weight excluding hydrogens is 349 g/mol. The van der Waals surface area contributed by atoms with Crippen molar-refractivity contribution in [1.82, 2.24) is 9.88 Å². The highest BCUT2D eigenvalue weighted by Gasteiger charge is 2.21. The Bertz CT molecular complexity index is 915. The van der Waals surface area contributed by atoms with Gasteiger partial charge in [0.1, 0.15) is 5.82 Å². The maximum Gasteiger partial charge on any atom is 0.146 e. The summed E-state index contributed by atoms with van der Waals surface area (Å²) in [6.07, 6.45) is 5.90. The minimum Gasteiger partial charge on any atom is -0.381 e. The third kappa shape index (κ3) is 3.81. The van der Waals surface area contributed by atoms with Crippen LogP contribution in [0, 0.1) is 5.82 Å². The largest absolute Gasteiger partial charge is 0.381 e. The first-order valence-corrected chi connectivity index (χ1v) is 9.32. The second-order valence-corrected chi connectivity index (χ2v) is 7.28. The molecule has 1 aliphatic rings. The Morgan fingerprint density at radius 1 is 1.19 bits per heavy atom. The fourth-order valence-electron chi connectivity index (χ4n) is 3.64. The summed E-state index contributed by atoms with van der Waals surface area (Å²) in [5.41, 5.74) is 1.78. The molecule has 5 heteroatoms. The SMILES string of the molecule is Fc1c(Cl)cccc1CN1CCC[C@@H](Nc2ccc3cnccc3c2)C1. The van der Waals surface area contributed by atoms with Crippen molar-refractivity contribution in [2.45, 2.75) is 25.4 Å². The second kappa shape index (κ2) is 7.60. The minimum absolute atomic E-state index is 0.194. The fraction of sp³-hybridized carbons (Fsp3) is 0.286. The number of rotatable bonds is 4. The van der Waals surface area contributed by atoms with Crippen LogP contribution in [0.3, 0.4) is 0 Å². The van der Waals surface area contributed by atoms with E-state index in [1.165, 1.54) is 5.39 Å². The van der Waals surface area contributed by atoms with Crippen LogP contribution in [-0.4, -0.2) is 29.0 Å². The van der Waals surface area contributed by atoms with E-state index in [4.69, 9.17) is 11.6 Å². The number of hydrogen-bond donors (Lipinski definition) is 1. The zero-order chi connectivity index (χ0) is 17.9. The van der Waals surface area contributed by atoms with Gasteiger partial charge in [0.25, 0.3) is 0 Å². The number of halogens is 2. The second-order valence-electron chi connectivity index (χ2n) is 6.87. The summed E-state index contributed by atoms with van der Waals surface area (Å²) in [7, 11) is 0. The predicted octanol–water partition coefficient (Wildman–Crippen LogP) is 5.10. The van der Waals surface area contributed by atoms with Crippen molar-refractivity contribution in [3.63, 3.8) is 0 Å². The average Bonchev–Trinajstić information content (AvgIpc) is 2.66. The van der Waals surface area contributed by atoms with Crippen LogP contribution in [-0.2, 0) is 6.54 Å².